The van der Waals surface area contributed by atoms with Crippen LogP contribution in [0.1, 0.15) is 91.9 Å². The van der Waals surface area contributed by atoms with Gasteiger partial charge in [-0.1, -0.05) is 75.6 Å². The van der Waals surface area contributed by atoms with Crippen LogP contribution in [-0.2, 0) is 14.3 Å². The summed E-state index contributed by atoms with van der Waals surface area (Å²) in [4.78, 5) is 54.6. The number of thiophene rings is 1. The molecule has 0 spiro atoms. The van der Waals surface area contributed by atoms with Crippen molar-refractivity contribution in [2.45, 2.75) is 87.2 Å². The third-order valence-electron chi connectivity index (χ3n) is 8.73. The van der Waals surface area contributed by atoms with Crippen LogP contribution in [0.5, 0.6) is 0 Å². The highest BCUT2D eigenvalue weighted by molar-refractivity contribution is 7.21. The van der Waals surface area contributed by atoms with Crippen LogP contribution in [0, 0.1) is 17.8 Å². The van der Waals surface area contributed by atoms with E-state index >= 15 is 0 Å². The molecule has 5 rings (SSSR count). The van der Waals surface area contributed by atoms with Gasteiger partial charge in [0.1, 0.15) is 22.1 Å². The number of amides is 2. The lowest BCUT2D eigenvalue weighted by molar-refractivity contribution is -0.148. The Labute approximate surface area is 333 Å². The molecule has 2 fully saturated rings. The largest absolute Gasteiger partial charge is 0.466 e. The number of pyridine rings is 1. The molecule has 2 saturated heterocycles. The number of nitrogens with zero attached hydrogens (tertiary/aromatic N) is 5. The van der Waals surface area contributed by atoms with E-state index in [4.69, 9.17) is 37.7 Å². The monoisotopic (exact) mass is 810 g/mol. The normalized spacial score (nSPS) is 17.3. The van der Waals surface area contributed by atoms with Gasteiger partial charge in [0.15, 0.2) is 5.13 Å². The Morgan fingerprint density at radius 1 is 1.02 bits per heavy atom. The Bertz CT molecular complexity index is 1650. The number of esters is 1. The van der Waals surface area contributed by atoms with Crippen LogP contribution >= 0.6 is 45.9 Å². The van der Waals surface area contributed by atoms with Gasteiger partial charge < -0.3 is 24.2 Å². The SMILES string of the molecule is CC.CC.CCOC(=O)C1CCN(c2ncc(C(=O)Nc3nc(-c4cc(Cl)cs4)c(N4CC(CC)C(CN(C)C(=O)OC(C)(C)C)C4)s3)cc2Cl)CC1. The maximum Gasteiger partial charge on any atom is 0.410 e. The molecule has 2 aliphatic heterocycles. The van der Waals surface area contributed by atoms with Crippen molar-refractivity contribution in [1.82, 2.24) is 14.9 Å². The molecule has 0 aromatic carbocycles. The fourth-order valence-electron chi connectivity index (χ4n) is 6.26. The Kier molecular flexibility index (Phi) is 17.1. The summed E-state index contributed by atoms with van der Waals surface area (Å²) in [5, 5.41) is 7.20. The lowest BCUT2D eigenvalue weighted by Crippen LogP contribution is -2.38. The summed E-state index contributed by atoms with van der Waals surface area (Å²) < 4.78 is 10.8. The maximum absolute atomic E-state index is 13.5. The fourth-order valence-corrected chi connectivity index (χ4v) is 8.67. The lowest BCUT2D eigenvalue weighted by Gasteiger charge is -2.32. The van der Waals surface area contributed by atoms with E-state index in [0.29, 0.717) is 71.6 Å². The average Bonchev–Trinajstić information content (AvgIpc) is 3.87. The summed E-state index contributed by atoms with van der Waals surface area (Å²) in [6, 6.07) is 3.50. The van der Waals surface area contributed by atoms with Gasteiger partial charge in [0.2, 0.25) is 0 Å². The second-order valence-electron chi connectivity index (χ2n) is 13.5. The second-order valence-corrected chi connectivity index (χ2v) is 16.2. The number of ether oxygens (including phenoxy) is 2. The molecule has 3 aromatic rings. The zero-order valence-electron chi connectivity index (χ0n) is 32.8. The molecule has 0 saturated carbocycles. The van der Waals surface area contributed by atoms with E-state index in [1.54, 1.807) is 18.0 Å². The van der Waals surface area contributed by atoms with Gasteiger partial charge >= 0.3 is 12.1 Å². The number of aromatic nitrogens is 2. The number of halogens is 2. The first-order valence-corrected chi connectivity index (χ1v) is 21.0. The molecule has 0 bridgehead atoms. The molecule has 0 radical (unpaired) electrons. The van der Waals surface area contributed by atoms with Crippen LogP contribution in [-0.4, -0.2) is 84.8 Å². The highest BCUT2D eigenvalue weighted by Crippen LogP contribution is 2.45. The smallest absolute Gasteiger partial charge is 0.410 e. The summed E-state index contributed by atoms with van der Waals surface area (Å²) in [7, 11) is 1.78. The summed E-state index contributed by atoms with van der Waals surface area (Å²) >= 11 is 15.9. The molecular formula is C38H56Cl2N6O5S2. The van der Waals surface area contributed by atoms with Gasteiger partial charge in [0.25, 0.3) is 5.91 Å². The van der Waals surface area contributed by atoms with E-state index < -0.39 is 5.60 Å². The van der Waals surface area contributed by atoms with Crippen molar-refractivity contribution in [3.63, 3.8) is 0 Å². The highest BCUT2D eigenvalue weighted by Gasteiger charge is 2.36. The number of hydrogen-bond donors (Lipinski definition) is 1. The molecule has 1 N–H and O–H groups in total. The van der Waals surface area contributed by atoms with E-state index in [-0.39, 0.29) is 29.8 Å². The molecule has 2 atom stereocenters. The number of carbonyl (C=O) groups excluding carboxylic acids is 3. The number of rotatable bonds is 10. The van der Waals surface area contributed by atoms with Crippen molar-refractivity contribution >= 4 is 79.8 Å². The Morgan fingerprint density at radius 3 is 2.25 bits per heavy atom. The third-order valence-corrected chi connectivity index (χ3v) is 11.3. The molecule has 11 nitrogen and oxygen atoms in total. The molecule has 2 aliphatic rings. The minimum Gasteiger partial charge on any atom is -0.466 e. The van der Waals surface area contributed by atoms with E-state index in [0.717, 1.165) is 35.1 Å². The van der Waals surface area contributed by atoms with E-state index in [9.17, 15) is 14.4 Å². The van der Waals surface area contributed by atoms with Crippen LogP contribution < -0.4 is 15.1 Å². The number of nitrogens with one attached hydrogen (secondary N) is 1. The number of hydrogen-bond acceptors (Lipinski definition) is 11. The predicted molar refractivity (Wildman–Crippen MR) is 220 cm³/mol. The van der Waals surface area contributed by atoms with Gasteiger partial charge in [0, 0.05) is 51.3 Å². The first kappa shape index (κ1) is 44.3. The van der Waals surface area contributed by atoms with Crippen molar-refractivity contribution in [1.29, 1.82) is 0 Å². The predicted octanol–water partition coefficient (Wildman–Crippen LogP) is 9.99. The highest BCUT2D eigenvalue weighted by atomic mass is 35.5. The molecule has 294 valence electrons. The summed E-state index contributed by atoms with van der Waals surface area (Å²) in [6.45, 7) is 21.3. The van der Waals surface area contributed by atoms with Crippen molar-refractivity contribution in [3.8, 4) is 10.6 Å². The Morgan fingerprint density at radius 2 is 1.68 bits per heavy atom. The van der Waals surface area contributed by atoms with Gasteiger partial charge in [-0.05, 0) is 64.5 Å². The molecule has 2 unspecified atom stereocenters. The lowest BCUT2D eigenvalue weighted by atomic mass is 9.93. The third kappa shape index (κ3) is 11.9. The minimum atomic E-state index is -0.565. The van der Waals surface area contributed by atoms with Crippen LogP contribution in [0.3, 0.4) is 0 Å². The van der Waals surface area contributed by atoms with Crippen molar-refractivity contribution in [2.24, 2.45) is 17.8 Å². The van der Waals surface area contributed by atoms with Crippen LogP contribution in [0.15, 0.2) is 23.7 Å². The van der Waals surface area contributed by atoms with Crippen LogP contribution in [0.25, 0.3) is 10.6 Å². The molecule has 5 heterocycles. The van der Waals surface area contributed by atoms with Crippen molar-refractivity contribution < 1.29 is 23.9 Å². The number of thiazole rings is 1. The topological polar surface area (TPSA) is 117 Å². The summed E-state index contributed by atoms with van der Waals surface area (Å²) in [6.07, 6.45) is 3.44. The van der Waals surface area contributed by atoms with Gasteiger partial charge in [0.05, 0.1) is 33.0 Å². The van der Waals surface area contributed by atoms with Crippen molar-refractivity contribution in [3.05, 3.63) is 39.3 Å². The molecule has 2 amide bonds. The zero-order valence-corrected chi connectivity index (χ0v) is 35.9. The molecule has 53 heavy (non-hydrogen) atoms. The zero-order chi connectivity index (χ0) is 39.5. The molecular weight excluding hydrogens is 755 g/mol. The van der Waals surface area contributed by atoms with Crippen LogP contribution in [0.4, 0.5) is 20.7 Å². The van der Waals surface area contributed by atoms with E-state index in [1.807, 2.05) is 71.7 Å². The molecule has 15 heteroatoms. The van der Waals surface area contributed by atoms with E-state index in [2.05, 4.69) is 22.1 Å². The first-order valence-electron chi connectivity index (χ1n) is 18.6. The quantitative estimate of drug-likeness (QED) is 0.200. The average molecular weight is 812 g/mol. The van der Waals surface area contributed by atoms with E-state index in [1.165, 1.54) is 28.9 Å². The van der Waals surface area contributed by atoms with Gasteiger partial charge in [-0.2, -0.15) is 0 Å². The van der Waals surface area contributed by atoms with Crippen molar-refractivity contribution in [2.75, 3.05) is 61.5 Å². The van der Waals surface area contributed by atoms with Crippen LogP contribution in [0.2, 0.25) is 10.0 Å². The Balaban J connectivity index is 0.00000183. The number of carbonyl (C=O) groups is 3. The summed E-state index contributed by atoms with van der Waals surface area (Å²) in [5.41, 5.74) is 0.501. The van der Waals surface area contributed by atoms with Gasteiger partial charge in [-0.3, -0.25) is 14.9 Å². The minimum absolute atomic E-state index is 0.129. The Hall–Kier alpha value is -3.13. The standard InChI is InChI=1S/C34H44Cl2N6O5S2.2C2H6/c1-7-20-17-42(18-23(20)16-40(6)33(45)47-34(3,4)5)30-27(26-14-24(35)19-48-26)38-32(49-30)39-29(43)22-13-25(36)28(37-15-22)41-11-9-21(10-12-41)31(44)46-8-2;2*1-2/h13-15,19-21,23H,7-12,16-18H2,1-6H3,(H,38,39,43);2*1-2H3. The molecule has 0 aliphatic carbocycles. The van der Waals surface area contributed by atoms with Gasteiger partial charge in [-0.15, -0.1) is 11.3 Å². The second kappa shape index (κ2) is 20.5. The number of piperidine rings is 1. The first-order chi connectivity index (χ1) is 25.3. The fraction of sp³-hybridized carbons (Fsp3) is 0.605. The molecule has 3 aromatic heterocycles. The number of anilines is 3. The maximum atomic E-state index is 13.5. The summed E-state index contributed by atoms with van der Waals surface area (Å²) in [5.74, 6) is 0.501. The van der Waals surface area contributed by atoms with Gasteiger partial charge in [-0.25, -0.2) is 14.8 Å².